The van der Waals surface area contributed by atoms with Gasteiger partial charge in [-0.25, -0.2) is 4.79 Å². The summed E-state index contributed by atoms with van der Waals surface area (Å²) in [6.07, 6.45) is 1.62. The third-order valence-electron chi connectivity index (χ3n) is 4.08. The second-order valence-electron chi connectivity index (χ2n) is 5.55. The average Bonchev–Trinajstić information content (AvgIpc) is 3.17. The van der Waals surface area contributed by atoms with Gasteiger partial charge in [0, 0.05) is 6.54 Å². The minimum Gasteiger partial charge on any atom is -0.312 e. The highest BCUT2D eigenvalue weighted by atomic mass is 16.2. The van der Waals surface area contributed by atoms with E-state index >= 15 is 0 Å². The van der Waals surface area contributed by atoms with Crippen LogP contribution in [-0.4, -0.2) is 40.0 Å². The van der Waals surface area contributed by atoms with E-state index in [1.165, 1.54) is 4.90 Å². The summed E-state index contributed by atoms with van der Waals surface area (Å²) in [7, 11) is 0. The second-order valence-corrected chi connectivity index (χ2v) is 5.55. The fourth-order valence-corrected chi connectivity index (χ4v) is 2.89. The lowest BCUT2D eigenvalue weighted by Crippen LogP contribution is -2.32. The molecule has 1 aromatic carbocycles. The predicted octanol–water partition coefficient (Wildman–Crippen LogP) is 1.43. The van der Waals surface area contributed by atoms with Crippen molar-refractivity contribution in [2.24, 2.45) is 5.10 Å². The number of nitrogens with zero attached hydrogens (tertiary/aromatic N) is 5. The van der Waals surface area contributed by atoms with Gasteiger partial charge in [-0.3, -0.25) is 15.1 Å². The van der Waals surface area contributed by atoms with Crippen LogP contribution >= 0.6 is 0 Å². The molecule has 1 atom stereocenters. The Morgan fingerprint density at radius 3 is 2.58 bits per heavy atom. The Hall–Kier alpha value is -3.39. The largest absolute Gasteiger partial charge is 0.327 e. The van der Waals surface area contributed by atoms with Gasteiger partial charge in [0.2, 0.25) is 5.71 Å². The van der Waals surface area contributed by atoms with E-state index in [0.29, 0.717) is 12.2 Å². The zero-order valence-electron chi connectivity index (χ0n) is 12.8. The Morgan fingerprint density at radius 1 is 1.25 bits per heavy atom. The molecule has 0 saturated carbocycles. The van der Waals surface area contributed by atoms with E-state index in [1.807, 2.05) is 0 Å². The SMILES string of the molecule is N#CC(C#N)=NNc1ccc(CN2C(=O)C3CCCN3C2=O)cc1. The van der Waals surface area contributed by atoms with Crippen molar-refractivity contribution in [2.75, 3.05) is 12.0 Å². The number of nitriles is 2. The smallest absolute Gasteiger partial charge is 0.312 e. The maximum Gasteiger partial charge on any atom is 0.327 e. The van der Waals surface area contributed by atoms with Crippen LogP contribution in [0.25, 0.3) is 0 Å². The molecule has 2 aliphatic heterocycles. The fraction of sp³-hybridized carbons (Fsp3) is 0.312. The van der Waals surface area contributed by atoms with Crippen LogP contribution in [0.15, 0.2) is 29.4 Å². The number of urea groups is 1. The Bertz CT molecular complexity index is 748. The number of rotatable bonds is 4. The van der Waals surface area contributed by atoms with Crippen LogP contribution in [0.1, 0.15) is 18.4 Å². The molecule has 8 nitrogen and oxygen atoms in total. The third-order valence-corrected chi connectivity index (χ3v) is 4.08. The summed E-state index contributed by atoms with van der Waals surface area (Å²) >= 11 is 0. The van der Waals surface area contributed by atoms with Crippen LogP contribution in [0.4, 0.5) is 10.5 Å². The van der Waals surface area contributed by atoms with Crippen molar-refractivity contribution in [2.45, 2.75) is 25.4 Å². The summed E-state index contributed by atoms with van der Waals surface area (Å²) in [4.78, 5) is 27.5. The number of benzene rings is 1. The van der Waals surface area contributed by atoms with Gasteiger partial charge in [0.15, 0.2) is 0 Å². The molecule has 0 aromatic heterocycles. The van der Waals surface area contributed by atoms with Crippen molar-refractivity contribution < 1.29 is 9.59 Å². The molecule has 0 radical (unpaired) electrons. The maximum absolute atomic E-state index is 12.3. The second kappa shape index (κ2) is 6.39. The topological polar surface area (TPSA) is 113 Å². The van der Waals surface area contributed by atoms with Crippen molar-refractivity contribution in [1.82, 2.24) is 9.80 Å². The number of imide groups is 1. The van der Waals surface area contributed by atoms with E-state index in [0.717, 1.165) is 18.4 Å². The lowest BCUT2D eigenvalue weighted by atomic mass is 10.2. The first-order chi connectivity index (χ1) is 11.6. The van der Waals surface area contributed by atoms with Gasteiger partial charge in [0.25, 0.3) is 5.91 Å². The predicted molar refractivity (Wildman–Crippen MR) is 84.4 cm³/mol. The lowest BCUT2D eigenvalue weighted by molar-refractivity contribution is -0.128. The molecule has 3 rings (SSSR count). The summed E-state index contributed by atoms with van der Waals surface area (Å²) in [5, 5.41) is 20.9. The quantitative estimate of drug-likeness (QED) is 0.512. The van der Waals surface area contributed by atoms with Crippen LogP contribution in [0, 0.1) is 22.7 Å². The standard InChI is InChI=1S/C16H14N6O2/c17-8-13(9-18)20-19-12-5-3-11(4-6-12)10-22-15(23)14-2-1-7-21(14)16(22)24/h3-6,14,19H,1-2,7,10H2. The molecular weight excluding hydrogens is 308 g/mol. The number of carbonyl (C=O) groups is 2. The molecule has 8 heteroatoms. The molecule has 1 N–H and O–H groups in total. The Labute approximate surface area is 138 Å². The first-order valence-corrected chi connectivity index (χ1v) is 7.49. The average molecular weight is 322 g/mol. The zero-order chi connectivity index (χ0) is 17.1. The molecular formula is C16H14N6O2. The molecule has 3 amide bonds. The van der Waals surface area contributed by atoms with Crippen LogP contribution < -0.4 is 5.43 Å². The number of hydrazone groups is 1. The van der Waals surface area contributed by atoms with E-state index in [9.17, 15) is 9.59 Å². The molecule has 2 saturated heterocycles. The van der Waals surface area contributed by atoms with Gasteiger partial charge < -0.3 is 4.90 Å². The molecule has 24 heavy (non-hydrogen) atoms. The van der Waals surface area contributed by atoms with Gasteiger partial charge in [-0.05, 0) is 30.5 Å². The first kappa shape index (κ1) is 15.5. The van der Waals surface area contributed by atoms with E-state index in [-0.39, 0.29) is 30.2 Å². The van der Waals surface area contributed by atoms with Gasteiger partial charge in [-0.15, -0.1) is 0 Å². The fourth-order valence-electron chi connectivity index (χ4n) is 2.89. The number of carbonyl (C=O) groups excluding carboxylic acids is 2. The lowest BCUT2D eigenvalue weighted by Gasteiger charge is -2.15. The summed E-state index contributed by atoms with van der Waals surface area (Å²) in [6.45, 7) is 0.878. The molecule has 1 unspecified atom stereocenters. The van der Waals surface area contributed by atoms with E-state index in [4.69, 9.17) is 10.5 Å². The zero-order valence-corrected chi connectivity index (χ0v) is 12.8. The number of nitrogens with one attached hydrogen (secondary N) is 1. The number of hydrogen-bond acceptors (Lipinski definition) is 6. The summed E-state index contributed by atoms with van der Waals surface area (Å²) in [6, 6.07) is 9.73. The highest BCUT2D eigenvalue weighted by Gasteiger charge is 2.47. The maximum atomic E-state index is 12.3. The number of anilines is 1. The number of hydrogen-bond donors (Lipinski definition) is 1. The van der Waals surface area contributed by atoms with E-state index in [1.54, 1.807) is 41.3 Å². The molecule has 0 aliphatic carbocycles. The van der Waals surface area contributed by atoms with Gasteiger partial charge in [0.1, 0.15) is 18.2 Å². The van der Waals surface area contributed by atoms with Gasteiger partial charge in [-0.2, -0.15) is 15.6 Å². The summed E-state index contributed by atoms with van der Waals surface area (Å²) < 4.78 is 0. The first-order valence-electron chi connectivity index (χ1n) is 7.49. The molecule has 1 aromatic rings. The monoisotopic (exact) mass is 322 g/mol. The minimum absolute atomic E-state index is 0.128. The molecule has 0 bridgehead atoms. The summed E-state index contributed by atoms with van der Waals surface area (Å²) in [5.41, 5.74) is 3.75. The van der Waals surface area contributed by atoms with E-state index < -0.39 is 0 Å². The van der Waals surface area contributed by atoms with Crippen molar-refractivity contribution >= 4 is 23.3 Å². The van der Waals surface area contributed by atoms with Crippen LogP contribution in [0.5, 0.6) is 0 Å². The van der Waals surface area contributed by atoms with Crippen molar-refractivity contribution in [3.63, 3.8) is 0 Å². The van der Waals surface area contributed by atoms with Crippen molar-refractivity contribution in [3.05, 3.63) is 29.8 Å². The molecule has 2 aliphatic rings. The Morgan fingerprint density at radius 2 is 1.96 bits per heavy atom. The number of amides is 3. The molecule has 120 valence electrons. The third kappa shape index (κ3) is 2.77. The normalized spacial score (nSPS) is 18.8. The van der Waals surface area contributed by atoms with Gasteiger partial charge in [-0.1, -0.05) is 12.1 Å². The van der Waals surface area contributed by atoms with Crippen LogP contribution in [0.2, 0.25) is 0 Å². The van der Waals surface area contributed by atoms with Crippen LogP contribution in [-0.2, 0) is 11.3 Å². The van der Waals surface area contributed by atoms with Gasteiger partial charge in [0.05, 0.1) is 12.2 Å². The minimum atomic E-state index is -0.289. The van der Waals surface area contributed by atoms with Crippen LogP contribution in [0.3, 0.4) is 0 Å². The highest BCUT2D eigenvalue weighted by Crippen LogP contribution is 2.28. The Balaban J connectivity index is 1.66. The van der Waals surface area contributed by atoms with Crippen molar-refractivity contribution in [1.29, 1.82) is 10.5 Å². The molecule has 2 heterocycles. The van der Waals surface area contributed by atoms with Gasteiger partial charge >= 0.3 is 6.03 Å². The number of fused-ring (bicyclic) bond motifs is 1. The van der Waals surface area contributed by atoms with Crippen molar-refractivity contribution in [3.8, 4) is 12.1 Å². The van der Waals surface area contributed by atoms with E-state index in [2.05, 4.69) is 10.5 Å². The molecule has 2 fully saturated rings. The molecule has 0 spiro atoms. The Kier molecular flexibility index (Phi) is 4.13. The highest BCUT2D eigenvalue weighted by molar-refractivity contribution is 6.10. The summed E-state index contributed by atoms with van der Waals surface area (Å²) in [5.74, 6) is -0.128.